The summed E-state index contributed by atoms with van der Waals surface area (Å²) in [5, 5.41) is 11.0. The predicted molar refractivity (Wildman–Crippen MR) is 107 cm³/mol. The summed E-state index contributed by atoms with van der Waals surface area (Å²) < 4.78 is 0. The first-order chi connectivity index (χ1) is 12.4. The van der Waals surface area contributed by atoms with Gasteiger partial charge in [0, 0.05) is 29.2 Å². The Morgan fingerprint density at radius 2 is 1.08 bits per heavy atom. The Bertz CT molecular complexity index is 911. The van der Waals surface area contributed by atoms with E-state index in [1.165, 1.54) is 22.3 Å². The van der Waals surface area contributed by atoms with Gasteiger partial charge in [-0.2, -0.15) is 0 Å². The van der Waals surface area contributed by atoms with Crippen LogP contribution in [0.25, 0.3) is 0 Å². The van der Waals surface area contributed by atoms with Gasteiger partial charge in [0.15, 0.2) is 0 Å². The van der Waals surface area contributed by atoms with Crippen molar-refractivity contribution in [2.75, 3.05) is 4.90 Å². The monoisotopic (exact) mass is 346 g/mol. The highest BCUT2D eigenvalue weighted by Gasteiger charge is 2.15. The first kappa shape index (κ1) is 17.7. The summed E-state index contributed by atoms with van der Waals surface area (Å²) in [5.41, 5.74) is 7.93. The van der Waals surface area contributed by atoms with E-state index in [2.05, 4.69) is 69.0 Å². The lowest BCUT2D eigenvalue weighted by Gasteiger charge is -2.26. The van der Waals surface area contributed by atoms with E-state index < -0.39 is 0 Å². The molecule has 4 heteroatoms. The number of rotatable bonds is 4. The maximum Gasteiger partial charge on any atom is 0.269 e. The Hall–Kier alpha value is -3.14. The van der Waals surface area contributed by atoms with E-state index in [0.717, 1.165) is 17.1 Å². The maximum absolute atomic E-state index is 11.0. The lowest BCUT2D eigenvalue weighted by Crippen LogP contribution is -2.10. The topological polar surface area (TPSA) is 46.4 Å². The molecule has 0 bridgehead atoms. The number of hydrogen-bond acceptors (Lipinski definition) is 3. The van der Waals surface area contributed by atoms with E-state index in [1.54, 1.807) is 24.3 Å². The summed E-state index contributed by atoms with van der Waals surface area (Å²) in [6.07, 6.45) is 0. The lowest BCUT2D eigenvalue weighted by molar-refractivity contribution is -0.384. The fourth-order valence-electron chi connectivity index (χ4n) is 2.90. The fraction of sp³-hybridized carbons (Fsp3) is 0.182. The SMILES string of the molecule is Cc1ccc(N(c2ccc([N+](=O)[O-])cc2)c2ccc(C)c(C)c2)cc1C. The van der Waals surface area contributed by atoms with Crippen LogP contribution < -0.4 is 4.90 Å². The molecular formula is C22H22N2O2. The molecular weight excluding hydrogens is 324 g/mol. The van der Waals surface area contributed by atoms with E-state index in [1.807, 2.05) is 0 Å². The second kappa shape index (κ2) is 7.00. The predicted octanol–water partition coefficient (Wildman–Crippen LogP) is 6.30. The van der Waals surface area contributed by atoms with Crippen LogP contribution in [0.2, 0.25) is 0 Å². The molecule has 0 spiro atoms. The minimum Gasteiger partial charge on any atom is -0.310 e. The standard InChI is InChI=1S/C22H22N2O2/c1-15-5-7-21(13-17(15)3)23(22-8-6-16(2)18(4)14-22)19-9-11-20(12-10-19)24(25)26/h5-14H,1-4H3. The van der Waals surface area contributed by atoms with Gasteiger partial charge in [-0.3, -0.25) is 10.1 Å². The molecule has 26 heavy (non-hydrogen) atoms. The van der Waals surface area contributed by atoms with Gasteiger partial charge in [0.25, 0.3) is 5.69 Å². The zero-order chi connectivity index (χ0) is 18.8. The summed E-state index contributed by atoms with van der Waals surface area (Å²) in [5.74, 6) is 0. The van der Waals surface area contributed by atoms with Gasteiger partial charge in [0.05, 0.1) is 4.92 Å². The van der Waals surface area contributed by atoms with Crippen LogP contribution >= 0.6 is 0 Å². The molecule has 0 aromatic heterocycles. The highest BCUT2D eigenvalue weighted by molar-refractivity contribution is 5.77. The molecule has 132 valence electrons. The average molecular weight is 346 g/mol. The van der Waals surface area contributed by atoms with Crippen LogP contribution in [0.3, 0.4) is 0 Å². The Morgan fingerprint density at radius 3 is 1.46 bits per heavy atom. The van der Waals surface area contributed by atoms with Crippen LogP contribution in [0.5, 0.6) is 0 Å². The molecule has 0 heterocycles. The van der Waals surface area contributed by atoms with Crippen molar-refractivity contribution < 1.29 is 4.92 Å². The zero-order valence-corrected chi connectivity index (χ0v) is 15.5. The quantitative estimate of drug-likeness (QED) is 0.411. The molecule has 0 saturated carbocycles. The van der Waals surface area contributed by atoms with Crippen LogP contribution in [0.1, 0.15) is 22.3 Å². The van der Waals surface area contributed by atoms with Crippen molar-refractivity contribution in [1.82, 2.24) is 0 Å². The third-order valence-electron chi connectivity index (χ3n) is 4.82. The first-order valence-electron chi connectivity index (χ1n) is 8.56. The zero-order valence-electron chi connectivity index (χ0n) is 15.5. The van der Waals surface area contributed by atoms with Crippen molar-refractivity contribution in [2.24, 2.45) is 0 Å². The molecule has 0 N–H and O–H groups in total. The number of non-ortho nitro benzene ring substituents is 1. The summed E-state index contributed by atoms with van der Waals surface area (Å²) in [6, 6.07) is 19.3. The number of benzene rings is 3. The first-order valence-corrected chi connectivity index (χ1v) is 8.56. The number of nitro groups is 1. The largest absolute Gasteiger partial charge is 0.310 e. The van der Waals surface area contributed by atoms with Crippen LogP contribution in [-0.2, 0) is 0 Å². The number of hydrogen-bond donors (Lipinski definition) is 0. The van der Waals surface area contributed by atoms with Gasteiger partial charge in [-0.1, -0.05) is 12.1 Å². The van der Waals surface area contributed by atoms with Gasteiger partial charge in [-0.25, -0.2) is 0 Å². The van der Waals surface area contributed by atoms with Gasteiger partial charge in [-0.05, 0) is 86.3 Å². The number of anilines is 3. The van der Waals surface area contributed by atoms with Gasteiger partial charge < -0.3 is 4.90 Å². The van der Waals surface area contributed by atoms with Gasteiger partial charge in [0.1, 0.15) is 0 Å². The molecule has 0 atom stereocenters. The maximum atomic E-state index is 11.0. The molecule has 0 aliphatic carbocycles. The van der Waals surface area contributed by atoms with E-state index in [0.29, 0.717) is 0 Å². The highest BCUT2D eigenvalue weighted by Crippen LogP contribution is 2.36. The Kier molecular flexibility index (Phi) is 4.76. The van der Waals surface area contributed by atoms with E-state index in [-0.39, 0.29) is 10.6 Å². The van der Waals surface area contributed by atoms with Crippen molar-refractivity contribution in [3.05, 3.63) is 93.0 Å². The minimum atomic E-state index is -0.375. The third kappa shape index (κ3) is 3.45. The summed E-state index contributed by atoms with van der Waals surface area (Å²) >= 11 is 0. The van der Waals surface area contributed by atoms with Crippen molar-refractivity contribution in [1.29, 1.82) is 0 Å². The molecule has 0 saturated heterocycles. The van der Waals surface area contributed by atoms with Gasteiger partial charge in [0.2, 0.25) is 0 Å². The van der Waals surface area contributed by atoms with Crippen LogP contribution in [0.15, 0.2) is 60.7 Å². The fourth-order valence-corrected chi connectivity index (χ4v) is 2.90. The minimum absolute atomic E-state index is 0.0915. The van der Waals surface area contributed by atoms with Gasteiger partial charge in [-0.15, -0.1) is 0 Å². The van der Waals surface area contributed by atoms with Crippen molar-refractivity contribution >= 4 is 22.7 Å². The molecule has 0 amide bonds. The number of aryl methyl sites for hydroxylation is 4. The molecule has 3 rings (SSSR count). The third-order valence-corrected chi connectivity index (χ3v) is 4.82. The molecule has 3 aromatic carbocycles. The van der Waals surface area contributed by atoms with Crippen LogP contribution in [-0.4, -0.2) is 4.92 Å². The average Bonchev–Trinajstić information content (AvgIpc) is 2.62. The Morgan fingerprint density at radius 1 is 0.654 bits per heavy atom. The Labute approximate surface area is 153 Å². The smallest absolute Gasteiger partial charge is 0.269 e. The van der Waals surface area contributed by atoms with Gasteiger partial charge >= 0.3 is 0 Å². The van der Waals surface area contributed by atoms with Crippen LogP contribution in [0, 0.1) is 37.8 Å². The molecule has 3 aromatic rings. The van der Waals surface area contributed by atoms with E-state index in [4.69, 9.17) is 0 Å². The summed E-state index contributed by atoms with van der Waals surface area (Å²) in [6.45, 7) is 8.36. The van der Waals surface area contributed by atoms with E-state index >= 15 is 0 Å². The summed E-state index contributed by atoms with van der Waals surface area (Å²) in [7, 11) is 0. The van der Waals surface area contributed by atoms with Crippen molar-refractivity contribution in [3.8, 4) is 0 Å². The highest BCUT2D eigenvalue weighted by atomic mass is 16.6. The molecule has 0 aliphatic rings. The second-order valence-corrected chi connectivity index (χ2v) is 6.65. The summed E-state index contributed by atoms with van der Waals surface area (Å²) in [4.78, 5) is 12.7. The molecule has 0 aliphatic heterocycles. The van der Waals surface area contributed by atoms with Crippen molar-refractivity contribution in [3.63, 3.8) is 0 Å². The normalized spacial score (nSPS) is 10.6. The van der Waals surface area contributed by atoms with E-state index in [9.17, 15) is 10.1 Å². The second-order valence-electron chi connectivity index (χ2n) is 6.65. The van der Waals surface area contributed by atoms with Crippen LogP contribution in [0.4, 0.5) is 22.7 Å². The molecule has 0 radical (unpaired) electrons. The lowest BCUT2D eigenvalue weighted by atomic mass is 10.1. The molecule has 0 fully saturated rings. The number of nitrogens with zero attached hydrogens (tertiary/aromatic N) is 2. The molecule has 4 nitrogen and oxygen atoms in total. The van der Waals surface area contributed by atoms with Crippen molar-refractivity contribution in [2.45, 2.75) is 27.7 Å². The Balaban J connectivity index is 2.15. The number of nitro benzene ring substituents is 1. The molecule has 0 unspecified atom stereocenters.